The van der Waals surface area contributed by atoms with Crippen molar-refractivity contribution in [1.29, 1.82) is 0 Å². The van der Waals surface area contributed by atoms with Crippen molar-refractivity contribution >= 4 is 23.3 Å². The molecule has 0 radical (unpaired) electrons. The Labute approximate surface area is 98.6 Å². The molecule has 0 aromatic heterocycles. The maximum absolute atomic E-state index is 10.9. The van der Waals surface area contributed by atoms with E-state index in [1.165, 1.54) is 0 Å². The lowest BCUT2D eigenvalue weighted by Gasteiger charge is -2.16. The summed E-state index contributed by atoms with van der Waals surface area (Å²) in [7, 11) is 1.92. The maximum Gasteiger partial charge on any atom is 0.321 e. The average Bonchev–Trinajstić information content (AvgIpc) is 2.54. The normalized spacial score (nSPS) is 20.7. The third-order valence-electron chi connectivity index (χ3n) is 2.99. The second-order valence-corrected chi connectivity index (χ2v) is 4.49. The van der Waals surface area contributed by atoms with Crippen LogP contribution >= 0.6 is 11.6 Å². The summed E-state index contributed by atoms with van der Waals surface area (Å²) >= 11 is 5.91. The van der Waals surface area contributed by atoms with Gasteiger partial charge in [0.2, 0.25) is 0 Å². The van der Waals surface area contributed by atoms with Gasteiger partial charge in [-0.15, -0.1) is 0 Å². The molecule has 86 valence electrons. The summed E-state index contributed by atoms with van der Waals surface area (Å²) in [5.74, 6) is -1.18. The average molecular weight is 241 g/mol. The predicted molar refractivity (Wildman–Crippen MR) is 63.1 cm³/mol. The monoisotopic (exact) mass is 240 g/mol. The van der Waals surface area contributed by atoms with Crippen molar-refractivity contribution < 1.29 is 9.90 Å². The minimum absolute atomic E-state index is 0.198. The van der Waals surface area contributed by atoms with E-state index in [0.717, 1.165) is 11.3 Å². The molecule has 2 unspecified atom stereocenters. The molecule has 0 spiro atoms. The number of nitrogens with zero attached hydrogens (tertiary/aromatic N) is 1. The van der Waals surface area contributed by atoms with Gasteiger partial charge >= 0.3 is 5.97 Å². The molecule has 2 rings (SSSR count). The van der Waals surface area contributed by atoms with Crippen LogP contribution in [0, 0.1) is 0 Å². The summed E-state index contributed by atoms with van der Waals surface area (Å²) in [5.41, 5.74) is 7.61. The van der Waals surface area contributed by atoms with Crippen molar-refractivity contribution in [2.24, 2.45) is 5.73 Å². The first-order chi connectivity index (χ1) is 7.50. The summed E-state index contributed by atoms with van der Waals surface area (Å²) in [5, 5.41) is 9.56. The van der Waals surface area contributed by atoms with Gasteiger partial charge in [0.05, 0.1) is 0 Å². The molecule has 0 saturated heterocycles. The van der Waals surface area contributed by atoms with Gasteiger partial charge in [-0.05, 0) is 23.8 Å². The quantitative estimate of drug-likeness (QED) is 0.818. The van der Waals surface area contributed by atoms with Gasteiger partial charge in [0.25, 0.3) is 0 Å². The highest BCUT2D eigenvalue weighted by atomic mass is 35.5. The summed E-state index contributed by atoms with van der Waals surface area (Å²) in [6.07, 6.45) is 0. The number of rotatable bonds is 2. The lowest BCUT2D eigenvalue weighted by Crippen LogP contribution is -2.38. The molecule has 0 fully saturated rings. The number of halogens is 1. The van der Waals surface area contributed by atoms with E-state index in [1.54, 1.807) is 12.1 Å². The highest BCUT2D eigenvalue weighted by Crippen LogP contribution is 2.38. The number of benzene rings is 1. The number of carbonyl (C=O) groups is 1. The summed E-state index contributed by atoms with van der Waals surface area (Å²) < 4.78 is 0. The van der Waals surface area contributed by atoms with E-state index >= 15 is 0 Å². The summed E-state index contributed by atoms with van der Waals surface area (Å²) in [4.78, 5) is 12.9. The molecule has 1 aromatic carbocycles. The number of fused-ring (bicyclic) bond motifs is 1. The minimum atomic E-state index is -0.980. The van der Waals surface area contributed by atoms with E-state index in [9.17, 15) is 4.79 Å². The molecule has 0 saturated carbocycles. The largest absolute Gasteiger partial charge is 0.480 e. The van der Waals surface area contributed by atoms with Crippen molar-refractivity contribution in [3.05, 3.63) is 28.8 Å². The van der Waals surface area contributed by atoms with Crippen LogP contribution in [0.4, 0.5) is 5.69 Å². The van der Waals surface area contributed by atoms with Gasteiger partial charge in [0, 0.05) is 30.2 Å². The Bertz CT molecular complexity index is 436. The van der Waals surface area contributed by atoms with Crippen molar-refractivity contribution in [3.8, 4) is 0 Å². The summed E-state index contributed by atoms with van der Waals surface area (Å²) in [6, 6.07) is 4.60. The number of nitrogens with two attached hydrogens (primary N) is 1. The van der Waals surface area contributed by atoms with Crippen LogP contribution in [0.25, 0.3) is 0 Å². The van der Waals surface area contributed by atoms with Gasteiger partial charge in [-0.3, -0.25) is 4.79 Å². The molecular weight excluding hydrogens is 228 g/mol. The Morgan fingerprint density at radius 3 is 3.00 bits per heavy atom. The van der Waals surface area contributed by atoms with Crippen molar-refractivity contribution in [2.75, 3.05) is 18.5 Å². The van der Waals surface area contributed by atoms with Crippen LogP contribution in [0.1, 0.15) is 11.5 Å². The van der Waals surface area contributed by atoms with Crippen LogP contribution in [0.3, 0.4) is 0 Å². The van der Waals surface area contributed by atoms with Crippen molar-refractivity contribution in [2.45, 2.75) is 12.0 Å². The van der Waals surface area contributed by atoms with E-state index in [1.807, 2.05) is 18.0 Å². The first-order valence-corrected chi connectivity index (χ1v) is 5.37. The molecule has 16 heavy (non-hydrogen) atoms. The minimum Gasteiger partial charge on any atom is -0.480 e. The van der Waals surface area contributed by atoms with Crippen LogP contribution in [0.2, 0.25) is 5.02 Å². The number of likely N-dealkylation sites (N-methyl/N-ethyl adjacent to an activating group) is 1. The molecule has 0 aliphatic carbocycles. The fourth-order valence-electron chi connectivity index (χ4n) is 2.14. The van der Waals surface area contributed by atoms with Gasteiger partial charge in [0.15, 0.2) is 0 Å². The first-order valence-electron chi connectivity index (χ1n) is 4.99. The second kappa shape index (κ2) is 3.96. The maximum atomic E-state index is 10.9. The number of hydrogen-bond donors (Lipinski definition) is 2. The Hall–Kier alpha value is -1.26. The fraction of sp³-hybridized carbons (Fsp3) is 0.364. The fourth-order valence-corrected chi connectivity index (χ4v) is 2.32. The molecule has 0 bridgehead atoms. The van der Waals surface area contributed by atoms with Crippen molar-refractivity contribution in [1.82, 2.24) is 0 Å². The zero-order valence-electron chi connectivity index (χ0n) is 8.85. The number of anilines is 1. The smallest absolute Gasteiger partial charge is 0.321 e. The van der Waals surface area contributed by atoms with E-state index in [2.05, 4.69) is 0 Å². The van der Waals surface area contributed by atoms with E-state index in [0.29, 0.717) is 11.6 Å². The number of aliphatic carboxylic acids is 1. The Morgan fingerprint density at radius 2 is 2.38 bits per heavy atom. The third-order valence-corrected chi connectivity index (χ3v) is 3.22. The lowest BCUT2D eigenvalue weighted by atomic mass is 9.94. The standard InChI is InChI=1S/C11H13ClN2O2/c1-14-5-8(10(13)11(15)16)7-4-6(12)2-3-9(7)14/h2-4,8,10H,5,13H2,1H3,(H,15,16). The van der Waals surface area contributed by atoms with Gasteiger partial charge in [-0.25, -0.2) is 0 Å². The van der Waals surface area contributed by atoms with E-state index < -0.39 is 12.0 Å². The highest BCUT2D eigenvalue weighted by molar-refractivity contribution is 6.30. The lowest BCUT2D eigenvalue weighted by molar-refractivity contribution is -0.139. The van der Waals surface area contributed by atoms with Gasteiger partial charge in [-0.1, -0.05) is 11.6 Å². The molecule has 2 atom stereocenters. The van der Waals surface area contributed by atoms with E-state index in [-0.39, 0.29) is 5.92 Å². The van der Waals surface area contributed by atoms with E-state index in [4.69, 9.17) is 22.4 Å². The van der Waals surface area contributed by atoms with Gasteiger partial charge < -0.3 is 15.7 Å². The van der Waals surface area contributed by atoms with Gasteiger partial charge in [0.1, 0.15) is 6.04 Å². The predicted octanol–water partition coefficient (Wildman–Crippen LogP) is 1.29. The van der Waals surface area contributed by atoms with Crippen LogP contribution in [0.5, 0.6) is 0 Å². The summed E-state index contributed by atoms with van der Waals surface area (Å²) in [6.45, 7) is 0.614. The SMILES string of the molecule is CN1CC(C(N)C(=O)O)c2cc(Cl)ccc21. The Kier molecular flexibility index (Phi) is 2.78. The topological polar surface area (TPSA) is 66.6 Å². The second-order valence-electron chi connectivity index (χ2n) is 4.05. The van der Waals surface area contributed by atoms with Crippen LogP contribution in [-0.4, -0.2) is 30.7 Å². The van der Waals surface area contributed by atoms with Gasteiger partial charge in [-0.2, -0.15) is 0 Å². The van der Waals surface area contributed by atoms with Crippen LogP contribution in [0.15, 0.2) is 18.2 Å². The first kappa shape index (κ1) is 11.2. The molecule has 1 aromatic rings. The molecule has 3 N–H and O–H groups in total. The molecule has 4 nitrogen and oxygen atoms in total. The molecule has 1 aliphatic heterocycles. The molecule has 1 aliphatic rings. The third kappa shape index (κ3) is 1.74. The molecule has 0 amide bonds. The Morgan fingerprint density at radius 1 is 1.69 bits per heavy atom. The molecule has 5 heteroatoms. The Balaban J connectivity index is 2.41. The van der Waals surface area contributed by atoms with Crippen LogP contribution < -0.4 is 10.6 Å². The zero-order valence-corrected chi connectivity index (χ0v) is 9.61. The molecule has 1 heterocycles. The van der Waals surface area contributed by atoms with Crippen LogP contribution in [-0.2, 0) is 4.79 Å². The van der Waals surface area contributed by atoms with Crippen molar-refractivity contribution in [3.63, 3.8) is 0 Å². The number of carboxylic acid groups (broad SMARTS) is 1. The number of carboxylic acids is 1. The molecular formula is C11H13ClN2O2. The zero-order chi connectivity index (χ0) is 11.9. The number of hydrogen-bond acceptors (Lipinski definition) is 3. The highest BCUT2D eigenvalue weighted by Gasteiger charge is 2.34.